The zero-order chi connectivity index (χ0) is 19.6. The summed E-state index contributed by atoms with van der Waals surface area (Å²) in [5.74, 6) is 0. The minimum atomic E-state index is -0.972. The van der Waals surface area contributed by atoms with Gasteiger partial charge in [0.1, 0.15) is 0 Å². The molecule has 0 saturated carbocycles. The summed E-state index contributed by atoms with van der Waals surface area (Å²) in [4.78, 5) is 0. The molecule has 143 valence electrons. The van der Waals surface area contributed by atoms with E-state index in [-0.39, 0.29) is 0 Å². The van der Waals surface area contributed by atoms with Gasteiger partial charge in [-0.05, 0) is 24.0 Å². The molecule has 0 heterocycles. The van der Waals surface area contributed by atoms with Gasteiger partial charge in [0.05, 0.1) is 0 Å². The van der Waals surface area contributed by atoms with E-state index in [9.17, 15) is 0 Å². The van der Waals surface area contributed by atoms with Gasteiger partial charge in [-0.15, -0.1) is 0 Å². The molecule has 0 nitrogen and oxygen atoms in total. The maximum Gasteiger partial charge on any atom is -0.0238 e. The molecule has 0 fully saturated rings. The molecule has 2 aliphatic carbocycles. The number of hydrogen-bond acceptors (Lipinski definition) is 0. The van der Waals surface area contributed by atoms with Crippen LogP contribution in [0.3, 0.4) is 0 Å². The van der Waals surface area contributed by atoms with E-state index in [2.05, 4.69) is 110 Å². The fourth-order valence-electron chi connectivity index (χ4n) is 3.82. The van der Waals surface area contributed by atoms with Gasteiger partial charge in [0.15, 0.2) is 0 Å². The van der Waals surface area contributed by atoms with Crippen LogP contribution < -0.4 is 0 Å². The fourth-order valence-corrected chi connectivity index (χ4v) is 16.6. The Morgan fingerprint density at radius 2 is 1.11 bits per heavy atom. The summed E-state index contributed by atoms with van der Waals surface area (Å²) in [7, 11) is 0. The molecule has 0 aliphatic heterocycles. The summed E-state index contributed by atoms with van der Waals surface area (Å²) in [6, 6.07) is 21.2. The molecule has 0 amide bonds. The van der Waals surface area contributed by atoms with Crippen LogP contribution in [0.4, 0.5) is 0 Å². The normalized spacial score (nSPS) is 14.5. The van der Waals surface area contributed by atoms with Gasteiger partial charge in [-0.2, -0.15) is 0 Å². The molecule has 0 saturated heterocycles. The van der Waals surface area contributed by atoms with Crippen molar-refractivity contribution in [3.8, 4) is 0 Å². The van der Waals surface area contributed by atoms with E-state index in [1.54, 1.807) is 0 Å². The molecule has 2 aromatic rings. The van der Waals surface area contributed by atoms with Gasteiger partial charge >= 0.3 is 93.9 Å². The molecule has 2 aromatic carbocycles. The number of benzene rings is 2. The van der Waals surface area contributed by atoms with Crippen LogP contribution in [0.15, 0.2) is 105 Å². The summed E-state index contributed by atoms with van der Waals surface area (Å²) in [6.07, 6.45) is 18.7. The predicted octanol–water partition coefficient (Wildman–Crippen LogP) is 6.75. The summed E-state index contributed by atoms with van der Waals surface area (Å²) < 4.78 is 3.64. The number of hydrogen-bond donors (Lipinski definition) is 0. The van der Waals surface area contributed by atoms with Crippen molar-refractivity contribution in [1.82, 2.24) is 0 Å². The molecule has 0 N–H and O–H groups in total. The largest absolute Gasteiger partial charge is 0.0622 e. The monoisotopic (exact) mass is 419 g/mol. The Balaban J connectivity index is 0.000000161. The zero-order valence-electron chi connectivity index (χ0n) is 17.1. The molecule has 2 aliphatic rings. The van der Waals surface area contributed by atoms with Crippen molar-refractivity contribution in [2.75, 3.05) is 0 Å². The van der Waals surface area contributed by atoms with Gasteiger partial charge in [-0.1, -0.05) is 60.7 Å². The number of allylic oxidation sites excluding steroid dienone is 8. The molecular weight excluding hydrogens is 388 g/mol. The topological polar surface area (TPSA) is 0 Å². The minimum Gasteiger partial charge on any atom is -0.0622 e. The maximum absolute atomic E-state index is 2.54. The molecule has 2 heteroatoms. The second-order valence-electron chi connectivity index (χ2n) is 7.69. The van der Waals surface area contributed by atoms with E-state index >= 15 is 0 Å². The van der Waals surface area contributed by atoms with E-state index in [1.807, 2.05) is 7.76 Å². The molecule has 0 bridgehead atoms. The van der Waals surface area contributed by atoms with Crippen LogP contribution in [0, 0.1) is 0 Å². The first kappa shape index (κ1) is 21.0. The van der Waals surface area contributed by atoms with Crippen molar-refractivity contribution in [2.24, 2.45) is 0 Å². The molecule has 0 aromatic heterocycles. The third-order valence-electron chi connectivity index (χ3n) is 5.20. The SMILES string of the molecule is C[SiH](C)[Ti]([C]1=CC=CC1)[C]1=CC=CC1.c1ccc(CCc2ccccc2)cc1. The van der Waals surface area contributed by atoms with Crippen molar-refractivity contribution in [3.05, 3.63) is 116 Å². The van der Waals surface area contributed by atoms with Gasteiger partial charge in [-0.3, -0.25) is 0 Å². The Bertz CT molecular complexity index is 775. The average Bonchev–Trinajstić information content (AvgIpc) is 3.44. The summed E-state index contributed by atoms with van der Waals surface area (Å²) in [5.41, 5.74) is 2.83. The van der Waals surface area contributed by atoms with Crippen molar-refractivity contribution < 1.29 is 17.1 Å². The van der Waals surface area contributed by atoms with E-state index in [4.69, 9.17) is 0 Å². The van der Waals surface area contributed by atoms with Gasteiger partial charge in [0.2, 0.25) is 0 Å². The average molecular weight is 419 g/mol. The van der Waals surface area contributed by atoms with E-state index < -0.39 is 23.8 Å². The van der Waals surface area contributed by atoms with Crippen molar-refractivity contribution in [1.29, 1.82) is 0 Å². The molecule has 0 spiro atoms. The third-order valence-corrected chi connectivity index (χ3v) is 18.1. The van der Waals surface area contributed by atoms with Gasteiger partial charge in [0, 0.05) is 0 Å². The second-order valence-corrected chi connectivity index (χ2v) is 21.1. The van der Waals surface area contributed by atoms with Gasteiger partial charge in [0.25, 0.3) is 0 Å². The first-order valence-electron chi connectivity index (χ1n) is 10.4. The first-order valence-corrected chi connectivity index (χ1v) is 17.6. The van der Waals surface area contributed by atoms with Crippen LogP contribution in [-0.2, 0) is 30.0 Å². The number of aryl methyl sites for hydroxylation is 2. The molecule has 0 atom stereocenters. The van der Waals surface area contributed by atoms with Crippen molar-refractivity contribution in [2.45, 2.75) is 38.8 Å². The molecular formula is C26H31SiTi. The fraction of sp³-hybridized carbons (Fsp3) is 0.231. The van der Waals surface area contributed by atoms with E-state index in [0.29, 0.717) is 0 Å². The Morgan fingerprint density at radius 3 is 1.43 bits per heavy atom. The van der Waals surface area contributed by atoms with Crippen LogP contribution >= 0.6 is 0 Å². The Kier molecular flexibility index (Phi) is 8.54. The van der Waals surface area contributed by atoms with Crippen LogP contribution in [0.2, 0.25) is 13.1 Å². The second kappa shape index (κ2) is 11.4. The molecule has 28 heavy (non-hydrogen) atoms. The summed E-state index contributed by atoms with van der Waals surface area (Å²) in [6.45, 7) is 4.63. The Labute approximate surface area is 178 Å². The van der Waals surface area contributed by atoms with Crippen LogP contribution in [-0.4, -0.2) is 6.66 Å². The van der Waals surface area contributed by atoms with E-state index in [1.165, 1.54) is 24.0 Å². The zero-order valence-corrected chi connectivity index (χ0v) is 19.9. The van der Waals surface area contributed by atoms with Gasteiger partial charge < -0.3 is 0 Å². The summed E-state index contributed by atoms with van der Waals surface area (Å²) in [5, 5.41) is 0. The molecule has 0 unspecified atom stereocenters. The molecule has 4 rings (SSSR count). The minimum absolute atomic E-state index is 0.442. The standard InChI is InChI=1S/C14H14.2C5H5.C2H7Si.Ti/c1-3-7-13(8-4-1)11-12-14-9-5-2-6-10-14;2*1-2-4-5-3-1;1-3-2;/h1-10H,11-12H2;2*1-3H,4H2;3H,1-2H3;. The third kappa shape index (κ3) is 6.45. The summed E-state index contributed by atoms with van der Waals surface area (Å²) >= 11 is -0.972. The van der Waals surface area contributed by atoms with Crippen LogP contribution in [0.25, 0.3) is 0 Å². The van der Waals surface area contributed by atoms with E-state index in [0.717, 1.165) is 12.8 Å². The Hall–Kier alpha value is -1.67. The predicted molar refractivity (Wildman–Crippen MR) is 123 cm³/mol. The van der Waals surface area contributed by atoms with Gasteiger partial charge in [-0.25, -0.2) is 0 Å². The molecule has 0 radical (unpaired) electrons. The first-order chi connectivity index (χ1) is 13.7. The smallest absolute Gasteiger partial charge is 0.0238 e. The van der Waals surface area contributed by atoms with Crippen LogP contribution in [0.1, 0.15) is 24.0 Å². The number of rotatable bonds is 6. The quantitative estimate of drug-likeness (QED) is 0.455. The maximum atomic E-state index is 2.54. The van der Waals surface area contributed by atoms with Crippen LogP contribution in [0.5, 0.6) is 0 Å². The van der Waals surface area contributed by atoms with Crippen molar-refractivity contribution in [3.63, 3.8) is 0 Å². The van der Waals surface area contributed by atoms with Crippen molar-refractivity contribution >= 4 is 6.66 Å². The Morgan fingerprint density at radius 1 is 0.679 bits per heavy atom.